The van der Waals surface area contributed by atoms with E-state index in [9.17, 15) is 5.53 Å². The Balaban J connectivity index is 1.82. The normalized spacial score (nSPS) is 24.9. The van der Waals surface area contributed by atoms with E-state index in [1.54, 1.807) is 24.5 Å². The van der Waals surface area contributed by atoms with Gasteiger partial charge in [-0.1, -0.05) is 16.7 Å². The Bertz CT molecular complexity index is 959. The zero-order valence-corrected chi connectivity index (χ0v) is 18.4. The van der Waals surface area contributed by atoms with Crippen molar-refractivity contribution in [1.29, 1.82) is 0 Å². The minimum Gasteiger partial charge on any atom is -0.298 e. The van der Waals surface area contributed by atoms with Crippen LogP contribution in [0.15, 0.2) is 41.8 Å². The zero-order chi connectivity index (χ0) is 21.5. The number of nitrogens with zero attached hydrogens (tertiary/aromatic N) is 7. The van der Waals surface area contributed by atoms with Gasteiger partial charge in [-0.05, 0) is 76.8 Å². The van der Waals surface area contributed by atoms with E-state index >= 15 is 0 Å². The minimum atomic E-state index is -0.681. The highest BCUT2D eigenvalue weighted by Gasteiger charge is 2.48. The van der Waals surface area contributed by atoms with Gasteiger partial charge < -0.3 is 0 Å². The van der Waals surface area contributed by atoms with Crippen LogP contribution in [0, 0.1) is 0 Å². The quantitative estimate of drug-likeness (QED) is 0.342. The first-order valence-corrected chi connectivity index (χ1v) is 10.5. The van der Waals surface area contributed by atoms with Gasteiger partial charge in [-0.2, -0.15) is 5.06 Å². The minimum absolute atomic E-state index is 0.169. The molecule has 3 heterocycles. The molecule has 1 fully saturated rings. The summed E-state index contributed by atoms with van der Waals surface area (Å²) in [5.41, 5.74) is 10.7. The van der Waals surface area contributed by atoms with Gasteiger partial charge in [0, 0.05) is 39.0 Å². The molecule has 9 heteroatoms. The molecule has 0 spiro atoms. The summed E-state index contributed by atoms with van der Waals surface area (Å²) in [4.78, 5) is 20.4. The number of benzene rings is 1. The Hall–Kier alpha value is -2.38. The molecule has 0 radical (unpaired) electrons. The van der Waals surface area contributed by atoms with Crippen LogP contribution in [0.4, 0.5) is 11.6 Å². The number of halogens is 1. The Kier molecular flexibility index (Phi) is 5.36. The van der Waals surface area contributed by atoms with Crippen LogP contribution in [-0.4, -0.2) is 32.3 Å². The summed E-state index contributed by atoms with van der Waals surface area (Å²) >= 11 is 6.34. The second kappa shape index (κ2) is 7.71. The lowest BCUT2D eigenvalue weighted by atomic mass is 9.82. The van der Waals surface area contributed by atoms with Crippen LogP contribution in [0.3, 0.4) is 0 Å². The maximum absolute atomic E-state index is 9.35. The Labute approximate surface area is 181 Å². The highest BCUT2D eigenvalue weighted by molar-refractivity contribution is 6.30. The van der Waals surface area contributed by atoms with Crippen LogP contribution < -0.4 is 4.90 Å². The van der Waals surface area contributed by atoms with E-state index in [1.807, 2.05) is 17.0 Å². The topological polar surface area (TPSA) is 90.2 Å². The van der Waals surface area contributed by atoms with Crippen molar-refractivity contribution in [3.63, 3.8) is 0 Å². The van der Waals surface area contributed by atoms with Crippen LogP contribution in [0.25, 0.3) is 10.4 Å². The molecule has 8 nitrogen and oxygen atoms in total. The summed E-state index contributed by atoms with van der Waals surface area (Å²) in [7, 11) is 0. The van der Waals surface area contributed by atoms with Crippen molar-refractivity contribution in [2.45, 2.75) is 70.3 Å². The molecule has 4 rings (SSSR count). The largest absolute Gasteiger partial charge is 0.298 e. The van der Waals surface area contributed by atoms with Gasteiger partial charge in [-0.25, -0.2) is 9.97 Å². The number of rotatable bonds is 4. The lowest BCUT2D eigenvalue weighted by Gasteiger charge is -2.52. The Morgan fingerprint density at radius 2 is 1.83 bits per heavy atom. The number of fused-ring (bicyclic) bond motifs is 1. The molecule has 0 saturated carbocycles. The average Bonchev–Trinajstić information content (AvgIpc) is 2.98. The fraction of sp³-hybridized carbons (Fsp3) is 0.524. The number of anilines is 2. The van der Waals surface area contributed by atoms with Crippen molar-refractivity contribution in [2.75, 3.05) is 4.90 Å². The highest BCUT2D eigenvalue weighted by Crippen LogP contribution is 2.49. The molecule has 0 aliphatic carbocycles. The first-order chi connectivity index (χ1) is 14.2. The molecule has 1 aromatic carbocycles. The molecule has 2 aliphatic heterocycles. The van der Waals surface area contributed by atoms with Crippen LogP contribution in [0.1, 0.15) is 58.6 Å². The van der Waals surface area contributed by atoms with E-state index in [0.717, 1.165) is 30.5 Å². The van der Waals surface area contributed by atoms with Crippen LogP contribution in [0.2, 0.25) is 5.02 Å². The van der Waals surface area contributed by atoms with E-state index < -0.39 is 12.3 Å². The van der Waals surface area contributed by atoms with E-state index in [1.165, 1.54) is 0 Å². The molecule has 0 N–H and O–H groups in total. The second-order valence-electron chi connectivity index (χ2n) is 9.04. The fourth-order valence-electron chi connectivity index (χ4n) is 4.70. The number of aromatic nitrogens is 2. The number of azide groups is 1. The number of hydrogen-bond donors (Lipinski definition) is 0. The SMILES string of the molecule is CC1(C)CCCC(C)(C)N1OC1c2cc(Cl)ccc2N(c2ncccn2)C1N=[N+]=[N-]. The first-order valence-electron chi connectivity index (χ1n) is 10.1. The van der Waals surface area contributed by atoms with Gasteiger partial charge in [0.2, 0.25) is 5.95 Å². The summed E-state index contributed by atoms with van der Waals surface area (Å²) in [6.07, 6.45) is 5.27. The van der Waals surface area contributed by atoms with Crippen molar-refractivity contribution >= 4 is 23.2 Å². The molecule has 2 unspecified atom stereocenters. The maximum atomic E-state index is 9.35. The van der Waals surface area contributed by atoms with Gasteiger partial charge in [0.15, 0.2) is 0 Å². The van der Waals surface area contributed by atoms with Crippen LogP contribution in [0.5, 0.6) is 0 Å². The van der Waals surface area contributed by atoms with Gasteiger partial charge in [-0.3, -0.25) is 9.74 Å². The third-order valence-corrected chi connectivity index (χ3v) is 6.16. The van der Waals surface area contributed by atoms with Crippen LogP contribution in [-0.2, 0) is 4.84 Å². The molecule has 2 aliphatic rings. The standard InChI is InChI=1S/C21H26ClN7O/c1-20(2)9-5-10-21(3,4)29(20)30-17-15-13-14(22)7-8-16(15)28(18(17)26-27-23)19-24-11-6-12-25-19/h6-8,11-13,17-18H,5,9-10H2,1-4H3. The highest BCUT2D eigenvalue weighted by atomic mass is 35.5. The van der Waals surface area contributed by atoms with Gasteiger partial charge in [0.05, 0.1) is 5.69 Å². The first kappa shape index (κ1) is 20.9. The van der Waals surface area contributed by atoms with Crippen LogP contribution >= 0.6 is 11.6 Å². The van der Waals surface area contributed by atoms with E-state index in [-0.39, 0.29) is 11.1 Å². The fourth-order valence-corrected chi connectivity index (χ4v) is 4.88. The molecular formula is C21H26ClN7O. The second-order valence-corrected chi connectivity index (χ2v) is 9.48. The molecule has 0 amide bonds. The molecule has 1 saturated heterocycles. The Morgan fingerprint density at radius 3 is 2.47 bits per heavy atom. The van der Waals surface area contributed by atoms with Crippen molar-refractivity contribution in [3.8, 4) is 0 Å². The summed E-state index contributed by atoms with van der Waals surface area (Å²) in [6, 6.07) is 7.32. The summed E-state index contributed by atoms with van der Waals surface area (Å²) in [5.74, 6) is 0.446. The number of hydroxylamine groups is 2. The predicted octanol–water partition coefficient (Wildman–Crippen LogP) is 5.93. The molecule has 0 bridgehead atoms. The van der Waals surface area contributed by atoms with Gasteiger partial charge in [0.1, 0.15) is 12.3 Å². The summed E-state index contributed by atoms with van der Waals surface area (Å²) in [6.45, 7) is 8.73. The van der Waals surface area contributed by atoms with E-state index in [0.29, 0.717) is 11.0 Å². The summed E-state index contributed by atoms with van der Waals surface area (Å²) in [5, 5.41) is 6.77. The van der Waals surface area contributed by atoms with Crippen molar-refractivity contribution in [2.24, 2.45) is 5.11 Å². The number of piperidine rings is 1. The van der Waals surface area contributed by atoms with Crippen molar-refractivity contribution < 1.29 is 4.84 Å². The predicted molar refractivity (Wildman–Crippen MR) is 116 cm³/mol. The third-order valence-electron chi connectivity index (χ3n) is 5.92. The lowest BCUT2D eigenvalue weighted by molar-refractivity contribution is -0.308. The number of hydrogen-bond acceptors (Lipinski definition) is 6. The average molecular weight is 428 g/mol. The van der Waals surface area contributed by atoms with Gasteiger partial charge >= 0.3 is 0 Å². The molecule has 30 heavy (non-hydrogen) atoms. The molecular weight excluding hydrogens is 402 g/mol. The lowest BCUT2D eigenvalue weighted by Crippen LogP contribution is -2.59. The molecule has 1 aromatic heterocycles. The van der Waals surface area contributed by atoms with E-state index in [4.69, 9.17) is 16.4 Å². The monoisotopic (exact) mass is 427 g/mol. The molecule has 2 atom stereocenters. The van der Waals surface area contributed by atoms with Crippen molar-refractivity contribution in [1.82, 2.24) is 15.0 Å². The van der Waals surface area contributed by atoms with Gasteiger partial charge in [0.25, 0.3) is 0 Å². The Morgan fingerprint density at radius 1 is 1.17 bits per heavy atom. The zero-order valence-electron chi connectivity index (χ0n) is 17.7. The van der Waals surface area contributed by atoms with Gasteiger partial charge in [-0.15, -0.1) is 0 Å². The van der Waals surface area contributed by atoms with Crippen molar-refractivity contribution in [3.05, 3.63) is 57.7 Å². The molecule has 2 aromatic rings. The summed E-state index contributed by atoms with van der Waals surface area (Å²) < 4.78 is 0. The third kappa shape index (κ3) is 3.61. The molecule has 158 valence electrons. The van der Waals surface area contributed by atoms with E-state index in [2.05, 4.69) is 52.8 Å². The maximum Gasteiger partial charge on any atom is 0.230 e. The smallest absolute Gasteiger partial charge is 0.230 e.